The lowest BCUT2D eigenvalue weighted by Crippen LogP contribution is -2.42. The fourth-order valence-corrected chi connectivity index (χ4v) is 2.41. The van der Waals surface area contributed by atoms with Gasteiger partial charge in [-0.1, -0.05) is 19.3 Å². The van der Waals surface area contributed by atoms with Crippen LogP contribution >= 0.6 is 0 Å². The zero-order chi connectivity index (χ0) is 11.1. The van der Waals surface area contributed by atoms with Crippen LogP contribution in [0.3, 0.4) is 0 Å². The highest BCUT2D eigenvalue weighted by molar-refractivity contribution is 4.78. The van der Waals surface area contributed by atoms with Crippen LogP contribution in [-0.4, -0.2) is 44.8 Å². The predicted molar refractivity (Wildman–Crippen MR) is 63.9 cm³/mol. The maximum atomic E-state index is 6.24. The molecule has 0 bridgehead atoms. The van der Waals surface area contributed by atoms with Crippen molar-refractivity contribution in [1.29, 1.82) is 0 Å². The van der Waals surface area contributed by atoms with E-state index >= 15 is 0 Å². The van der Waals surface area contributed by atoms with E-state index in [1.165, 1.54) is 32.1 Å². The first-order valence-corrected chi connectivity index (χ1v) is 6.17. The number of rotatable bonds is 6. The topological polar surface area (TPSA) is 38.5 Å². The molecule has 1 saturated carbocycles. The molecule has 90 valence electrons. The molecule has 15 heavy (non-hydrogen) atoms. The summed E-state index contributed by atoms with van der Waals surface area (Å²) in [4.78, 5) is 2.28. The molecule has 1 aliphatic rings. The Morgan fingerprint density at radius 2 is 2.00 bits per heavy atom. The van der Waals surface area contributed by atoms with Crippen molar-refractivity contribution in [1.82, 2.24) is 4.90 Å². The lowest BCUT2D eigenvalue weighted by Gasteiger charge is -2.30. The summed E-state index contributed by atoms with van der Waals surface area (Å²) in [5.74, 6) is 0.753. The SMILES string of the molecule is COCCN(C)CC(N)C1CCCCC1. The summed E-state index contributed by atoms with van der Waals surface area (Å²) in [5, 5.41) is 0. The second-order valence-electron chi connectivity index (χ2n) is 4.82. The van der Waals surface area contributed by atoms with E-state index in [9.17, 15) is 0 Å². The van der Waals surface area contributed by atoms with Crippen molar-refractivity contribution in [3.8, 4) is 0 Å². The van der Waals surface area contributed by atoms with E-state index in [0.29, 0.717) is 6.04 Å². The molecular weight excluding hydrogens is 188 g/mol. The molecule has 0 aromatic carbocycles. The van der Waals surface area contributed by atoms with E-state index in [-0.39, 0.29) is 0 Å². The van der Waals surface area contributed by atoms with Gasteiger partial charge in [0.15, 0.2) is 0 Å². The Hall–Kier alpha value is -0.120. The van der Waals surface area contributed by atoms with E-state index in [0.717, 1.165) is 25.6 Å². The van der Waals surface area contributed by atoms with Gasteiger partial charge < -0.3 is 15.4 Å². The number of nitrogens with zero attached hydrogens (tertiary/aromatic N) is 1. The molecule has 1 rings (SSSR count). The number of likely N-dealkylation sites (N-methyl/N-ethyl adjacent to an activating group) is 1. The Morgan fingerprint density at radius 1 is 1.33 bits per heavy atom. The van der Waals surface area contributed by atoms with Gasteiger partial charge in [0.25, 0.3) is 0 Å². The number of nitrogens with two attached hydrogens (primary N) is 1. The van der Waals surface area contributed by atoms with E-state index in [1.54, 1.807) is 7.11 Å². The molecule has 0 spiro atoms. The molecule has 0 saturated heterocycles. The van der Waals surface area contributed by atoms with E-state index in [4.69, 9.17) is 10.5 Å². The predicted octanol–water partition coefficient (Wildman–Crippen LogP) is 1.47. The van der Waals surface area contributed by atoms with Gasteiger partial charge in [-0.3, -0.25) is 0 Å². The Morgan fingerprint density at radius 3 is 2.60 bits per heavy atom. The van der Waals surface area contributed by atoms with E-state index in [1.807, 2.05) is 0 Å². The monoisotopic (exact) mass is 214 g/mol. The molecule has 0 aromatic rings. The van der Waals surface area contributed by atoms with Gasteiger partial charge in [-0.25, -0.2) is 0 Å². The molecule has 0 radical (unpaired) electrons. The van der Waals surface area contributed by atoms with Crippen molar-refractivity contribution >= 4 is 0 Å². The number of hydrogen-bond donors (Lipinski definition) is 1. The first kappa shape index (κ1) is 12.9. The number of hydrogen-bond acceptors (Lipinski definition) is 3. The molecule has 1 aliphatic carbocycles. The second kappa shape index (κ2) is 7.20. The minimum Gasteiger partial charge on any atom is -0.383 e. The Balaban J connectivity index is 2.17. The van der Waals surface area contributed by atoms with Crippen LogP contribution in [0.25, 0.3) is 0 Å². The van der Waals surface area contributed by atoms with Gasteiger partial charge in [-0.05, 0) is 25.8 Å². The molecule has 1 atom stereocenters. The fourth-order valence-electron chi connectivity index (χ4n) is 2.41. The molecule has 0 amide bonds. The molecule has 0 aromatic heterocycles. The zero-order valence-corrected chi connectivity index (χ0v) is 10.2. The quantitative estimate of drug-likeness (QED) is 0.728. The number of methoxy groups -OCH3 is 1. The van der Waals surface area contributed by atoms with Gasteiger partial charge in [-0.2, -0.15) is 0 Å². The van der Waals surface area contributed by atoms with Gasteiger partial charge in [0.2, 0.25) is 0 Å². The van der Waals surface area contributed by atoms with Crippen molar-refractivity contribution in [2.45, 2.75) is 38.1 Å². The van der Waals surface area contributed by atoms with Crippen LogP contribution in [0.4, 0.5) is 0 Å². The minimum atomic E-state index is 0.354. The molecule has 0 heterocycles. The van der Waals surface area contributed by atoms with Crippen molar-refractivity contribution in [3.63, 3.8) is 0 Å². The van der Waals surface area contributed by atoms with E-state index < -0.39 is 0 Å². The van der Waals surface area contributed by atoms with Gasteiger partial charge in [0, 0.05) is 26.2 Å². The summed E-state index contributed by atoms with van der Waals surface area (Å²) in [6.07, 6.45) is 6.82. The highest BCUT2D eigenvalue weighted by Gasteiger charge is 2.21. The zero-order valence-electron chi connectivity index (χ0n) is 10.2. The highest BCUT2D eigenvalue weighted by Crippen LogP contribution is 2.25. The lowest BCUT2D eigenvalue weighted by molar-refractivity contribution is 0.149. The van der Waals surface area contributed by atoms with Crippen LogP contribution in [0.2, 0.25) is 0 Å². The molecule has 1 unspecified atom stereocenters. The second-order valence-corrected chi connectivity index (χ2v) is 4.82. The highest BCUT2D eigenvalue weighted by atomic mass is 16.5. The Kier molecular flexibility index (Phi) is 6.22. The maximum absolute atomic E-state index is 6.24. The van der Waals surface area contributed by atoms with E-state index in [2.05, 4.69) is 11.9 Å². The first-order valence-electron chi connectivity index (χ1n) is 6.17. The van der Waals surface area contributed by atoms with Crippen LogP contribution in [0.15, 0.2) is 0 Å². The van der Waals surface area contributed by atoms with Crippen LogP contribution in [-0.2, 0) is 4.74 Å². The van der Waals surface area contributed by atoms with Gasteiger partial charge in [0.1, 0.15) is 0 Å². The van der Waals surface area contributed by atoms with Crippen molar-refractivity contribution in [3.05, 3.63) is 0 Å². The standard InChI is InChI=1S/C12H26N2O/c1-14(8-9-15-2)10-12(13)11-6-4-3-5-7-11/h11-12H,3-10,13H2,1-2H3. The van der Waals surface area contributed by atoms with Crippen LogP contribution in [0.1, 0.15) is 32.1 Å². The summed E-state index contributed by atoms with van der Waals surface area (Å²) < 4.78 is 5.06. The maximum Gasteiger partial charge on any atom is 0.0589 e. The Labute approximate surface area is 94.0 Å². The molecule has 3 nitrogen and oxygen atoms in total. The first-order chi connectivity index (χ1) is 7.24. The van der Waals surface area contributed by atoms with Crippen LogP contribution < -0.4 is 5.73 Å². The van der Waals surface area contributed by atoms with Crippen molar-refractivity contribution in [2.24, 2.45) is 11.7 Å². The Bertz CT molecular complexity index is 158. The molecular formula is C12H26N2O. The normalized spacial score (nSPS) is 20.8. The van der Waals surface area contributed by atoms with Gasteiger partial charge >= 0.3 is 0 Å². The largest absolute Gasteiger partial charge is 0.383 e. The molecule has 3 heteroatoms. The van der Waals surface area contributed by atoms with Gasteiger partial charge in [-0.15, -0.1) is 0 Å². The third-order valence-electron chi connectivity index (χ3n) is 3.45. The lowest BCUT2D eigenvalue weighted by atomic mass is 9.84. The molecule has 0 aliphatic heterocycles. The summed E-state index contributed by atoms with van der Waals surface area (Å²) in [6, 6.07) is 0.354. The van der Waals surface area contributed by atoms with Crippen LogP contribution in [0, 0.1) is 5.92 Å². The van der Waals surface area contributed by atoms with Crippen molar-refractivity contribution < 1.29 is 4.74 Å². The smallest absolute Gasteiger partial charge is 0.0589 e. The summed E-state index contributed by atoms with van der Waals surface area (Å²) in [5.41, 5.74) is 6.24. The van der Waals surface area contributed by atoms with Gasteiger partial charge in [0.05, 0.1) is 6.61 Å². The summed E-state index contributed by atoms with van der Waals surface area (Å²) in [7, 11) is 3.87. The van der Waals surface area contributed by atoms with Crippen LogP contribution in [0.5, 0.6) is 0 Å². The third kappa shape index (κ3) is 4.96. The molecule has 1 fully saturated rings. The average molecular weight is 214 g/mol. The fraction of sp³-hybridized carbons (Fsp3) is 1.00. The summed E-state index contributed by atoms with van der Waals surface area (Å²) in [6.45, 7) is 2.79. The third-order valence-corrected chi connectivity index (χ3v) is 3.45. The average Bonchev–Trinajstić information content (AvgIpc) is 2.27. The number of ether oxygens (including phenoxy) is 1. The summed E-state index contributed by atoms with van der Waals surface area (Å²) >= 11 is 0. The minimum absolute atomic E-state index is 0.354. The molecule has 2 N–H and O–H groups in total. The van der Waals surface area contributed by atoms with Crippen molar-refractivity contribution in [2.75, 3.05) is 33.9 Å².